The van der Waals surface area contributed by atoms with Crippen LogP contribution in [-0.4, -0.2) is 24.0 Å². The van der Waals surface area contributed by atoms with E-state index < -0.39 is 0 Å². The van der Waals surface area contributed by atoms with Gasteiger partial charge in [0.2, 0.25) is 5.91 Å². The summed E-state index contributed by atoms with van der Waals surface area (Å²) >= 11 is 0. The van der Waals surface area contributed by atoms with Crippen LogP contribution in [-0.2, 0) is 4.79 Å². The summed E-state index contributed by atoms with van der Waals surface area (Å²) in [7, 11) is 0. The first-order valence-electron chi connectivity index (χ1n) is 5.83. The molecule has 0 aromatic heterocycles. The Hall–Kier alpha value is -1.35. The molecule has 1 aromatic carbocycles. The van der Waals surface area contributed by atoms with E-state index in [1.807, 2.05) is 23.1 Å². The Kier molecular flexibility index (Phi) is 3.57. The minimum absolute atomic E-state index is 0.271. The van der Waals surface area contributed by atoms with Gasteiger partial charge in [-0.1, -0.05) is 30.3 Å². The number of nitrogens with zero attached hydrogens (tertiary/aromatic N) is 1. The molecule has 0 aliphatic carbocycles. The summed E-state index contributed by atoms with van der Waals surface area (Å²) in [6, 6.07) is 10.6. The third kappa shape index (κ3) is 2.61. The van der Waals surface area contributed by atoms with E-state index >= 15 is 0 Å². The van der Waals surface area contributed by atoms with Crippen molar-refractivity contribution in [1.29, 1.82) is 0 Å². The summed E-state index contributed by atoms with van der Waals surface area (Å²) in [6.45, 7) is 3.68. The van der Waals surface area contributed by atoms with Gasteiger partial charge in [0.1, 0.15) is 0 Å². The van der Waals surface area contributed by atoms with Crippen LogP contribution in [0.25, 0.3) is 0 Å². The molecule has 1 atom stereocenters. The molecule has 0 bridgehead atoms. The highest BCUT2D eigenvalue weighted by atomic mass is 16.2. The van der Waals surface area contributed by atoms with Crippen LogP contribution in [0.5, 0.6) is 0 Å². The van der Waals surface area contributed by atoms with Gasteiger partial charge in [-0.15, -0.1) is 0 Å². The zero-order valence-corrected chi connectivity index (χ0v) is 9.65. The van der Waals surface area contributed by atoms with Gasteiger partial charge < -0.3 is 4.90 Å². The van der Waals surface area contributed by atoms with E-state index in [1.54, 1.807) is 0 Å². The highest BCUT2D eigenvalue weighted by molar-refractivity contribution is 5.77. The van der Waals surface area contributed by atoms with Crippen LogP contribution in [0.3, 0.4) is 0 Å². The second-order valence-electron chi connectivity index (χ2n) is 4.26. The number of hydrogen-bond donors (Lipinski definition) is 1. The molecule has 3 heteroatoms. The van der Waals surface area contributed by atoms with Crippen LogP contribution in [0.15, 0.2) is 30.3 Å². The lowest BCUT2D eigenvalue weighted by atomic mass is 10.1. The first-order chi connectivity index (χ1) is 7.77. The predicted octanol–water partition coefficient (Wildman–Crippen LogP) is 1.92. The van der Waals surface area contributed by atoms with Crippen LogP contribution >= 0.6 is 0 Å². The number of carbonyl (C=O) groups is 1. The summed E-state index contributed by atoms with van der Waals surface area (Å²) in [6.07, 6.45) is 1.71. The molecule has 1 aromatic rings. The fraction of sp³-hybridized carbons (Fsp3) is 0.462. The molecule has 1 N–H and O–H groups in total. The summed E-state index contributed by atoms with van der Waals surface area (Å²) in [5.74, 6) is 0.271. The molecule has 86 valence electrons. The number of hydrogen-bond acceptors (Lipinski definition) is 2. The van der Waals surface area contributed by atoms with Gasteiger partial charge in [0.05, 0.1) is 6.67 Å². The molecule has 0 saturated carbocycles. The molecule has 3 nitrogen and oxygen atoms in total. The van der Waals surface area contributed by atoms with Gasteiger partial charge in [0.25, 0.3) is 0 Å². The minimum atomic E-state index is 0.271. The fourth-order valence-electron chi connectivity index (χ4n) is 1.98. The zero-order chi connectivity index (χ0) is 11.4. The molecule has 0 spiro atoms. The van der Waals surface area contributed by atoms with Crippen LogP contribution in [0.1, 0.15) is 31.4 Å². The van der Waals surface area contributed by atoms with Gasteiger partial charge in [-0.3, -0.25) is 10.1 Å². The predicted molar refractivity (Wildman–Crippen MR) is 63.8 cm³/mol. The van der Waals surface area contributed by atoms with Gasteiger partial charge in [0, 0.05) is 19.0 Å². The Morgan fingerprint density at radius 3 is 2.75 bits per heavy atom. The van der Waals surface area contributed by atoms with Crippen LogP contribution in [0, 0.1) is 0 Å². The Balaban J connectivity index is 1.84. The van der Waals surface area contributed by atoms with Crippen LogP contribution in [0.2, 0.25) is 0 Å². The van der Waals surface area contributed by atoms with Crippen molar-refractivity contribution in [1.82, 2.24) is 10.2 Å². The highest BCUT2D eigenvalue weighted by Crippen LogP contribution is 2.13. The lowest BCUT2D eigenvalue weighted by Gasteiger charge is -2.20. The maximum atomic E-state index is 11.4. The van der Waals surface area contributed by atoms with Crippen molar-refractivity contribution in [3.8, 4) is 0 Å². The standard InChI is InChI=1S/C13H18N2O/c1-11(12-6-3-2-4-7-12)14-10-15-9-5-8-13(15)16/h2-4,6-7,11,14H,5,8-10H2,1H3/t11-/m0/s1. The van der Waals surface area contributed by atoms with Crippen LogP contribution < -0.4 is 5.32 Å². The molecule has 16 heavy (non-hydrogen) atoms. The van der Waals surface area contributed by atoms with Gasteiger partial charge in [-0.05, 0) is 18.9 Å². The summed E-state index contributed by atoms with van der Waals surface area (Å²) < 4.78 is 0. The second kappa shape index (κ2) is 5.12. The van der Waals surface area contributed by atoms with E-state index in [9.17, 15) is 4.79 Å². The first-order valence-corrected chi connectivity index (χ1v) is 5.83. The van der Waals surface area contributed by atoms with E-state index in [1.165, 1.54) is 5.56 Å². The van der Waals surface area contributed by atoms with Crippen molar-refractivity contribution in [2.75, 3.05) is 13.2 Å². The third-order valence-electron chi connectivity index (χ3n) is 3.06. The van der Waals surface area contributed by atoms with Crippen molar-refractivity contribution in [3.05, 3.63) is 35.9 Å². The largest absolute Gasteiger partial charge is 0.330 e. The topological polar surface area (TPSA) is 32.3 Å². The molecule has 1 heterocycles. The molecule has 1 aliphatic rings. The maximum Gasteiger partial charge on any atom is 0.223 e. The van der Waals surface area contributed by atoms with E-state index in [4.69, 9.17) is 0 Å². The van der Waals surface area contributed by atoms with Gasteiger partial charge in [-0.2, -0.15) is 0 Å². The molecule has 1 amide bonds. The van der Waals surface area contributed by atoms with Crippen molar-refractivity contribution in [3.63, 3.8) is 0 Å². The molecule has 1 saturated heterocycles. The molecule has 2 rings (SSSR count). The van der Waals surface area contributed by atoms with Crippen molar-refractivity contribution in [2.24, 2.45) is 0 Å². The molecule has 1 aliphatic heterocycles. The SMILES string of the molecule is C[C@H](NCN1CCCC1=O)c1ccccc1. The molecule has 1 fully saturated rings. The number of carbonyl (C=O) groups excluding carboxylic acids is 1. The normalized spacial score (nSPS) is 17.8. The van der Waals surface area contributed by atoms with Gasteiger partial charge in [0.15, 0.2) is 0 Å². The summed E-state index contributed by atoms with van der Waals surface area (Å²) in [5, 5.41) is 3.38. The second-order valence-corrected chi connectivity index (χ2v) is 4.26. The average molecular weight is 218 g/mol. The minimum Gasteiger partial charge on any atom is -0.330 e. The van der Waals surface area contributed by atoms with Gasteiger partial charge >= 0.3 is 0 Å². The fourth-order valence-corrected chi connectivity index (χ4v) is 1.98. The molecule has 0 unspecified atom stereocenters. The average Bonchev–Trinajstić information content (AvgIpc) is 2.73. The Bertz CT molecular complexity index is 350. The Labute approximate surface area is 96.5 Å². The van der Waals surface area contributed by atoms with Crippen molar-refractivity contribution >= 4 is 5.91 Å². The Morgan fingerprint density at radius 1 is 1.38 bits per heavy atom. The van der Waals surface area contributed by atoms with Crippen LogP contribution in [0.4, 0.5) is 0 Å². The summed E-state index contributed by atoms with van der Waals surface area (Å²) in [5.41, 5.74) is 1.26. The number of nitrogens with one attached hydrogen (secondary N) is 1. The molecular formula is C13H18N2O. The maximum absolute atomic E-state index is 11.4. The monoisotopic (exact) mass is 218 g/mol. The zero-order valence-electron chi connectivity index (χ0n) is 9.65. The lowest BCUT2D eigenvalue weighted by Crippen LogP contribution is -2.36. The number of likely N-dealkylation sites (tertiary alicyclic amines) is 1. The Morgan fingerprint density at radius 2 is 2.12 bits per heavy atom. The van der Waals surface area contributed by atoms with E-state index in [0.717, 1.165) is 13.0 Å². The number of amides is 1. The number of benzene rings is 1. The molecule has 0 radical (unpaired) electrons. The van der Waals surface area contributed by atoms with E-state index in [2.05, 4.69) is 24.4 Å². The lowest BCUT2D eigenvalue weighted by molar-refractivity contribution is -0.128. The molecular weight excluding hydrogens is 200 g/mol. The van der Waals surface area contributed by atoms with Crippen molar-refractivity contribution in [2.45, 2.75) is 25.8 Å². The number of rotatable bonds is 4. The highest BCUT2D eigenvalue weighted by Gasteiger charge is 2.19. The smallest absolute Gasteiger partial charge is 0.223 e. The van der Waals surface area contributed by atoms with E-state index in [-0.39, 0.29) is 11.9 Å². The third-order valence-corrected chi connectivity index (χ3v) is 3.06. The van der Waals surface area contributed by atoms with Crippen molar-refractivity contribution < 1.29 is 4.79 Å². The summed E-state index contributed by atoms with van der Waals surface area (Å²) in [4.78, 5) is 13.3. The van der Waals surface area contributed by atoms with Gasteiger partial charge in [-0.25, -0.2) is 0 Å². The quantitative estimate of drug-likeness (QED) is 0.837. The van der Waals surface area contributed by atoms with E-state index in [0.29, 0.717) is 13.1 Å². The first kappa shape index (κ1) is 11.1.